The molecule has 3 heteroatoms. The number of piperidine rings is 1. The molecule has 0 saturated carbocycles. The van der Waals surface area contributed by atoms with Gasteiger partial charge in [-0.3, -0.25) is 0 Å². The Morgan fingerprint density at radius 1 is 1.42 bits per heavy atom. The van der Waals surface area contributed by atoms with E-state index < -0.39 is 0 Å². The fraction of sp³-hybridized carbons (Fsp3) is 1.00. The van der Waals surface area contributed by atoms with E-state index in [4.69, 9.17) is 5.73 Å². The van der Waals surface area contributed by atoms with Crippen LogP contribution >= 0.6 is 22.6 Å². The number of alkyl halides is 1. The van der Waals surface area contributed by atoms with Gasteiger partial charge in [0.1, 0.15) is 0 Å². The summed E-state index contributed by atoms with van der Waals surface area (Å²) in [6.07, 6.45) is 5.23. The predicted octanol–water partition coefficient (Wildman–Crippen LogP) is 1.53. The molecule has 1 fully saturated rings. The summed E-state index contributed by atoms with van der Waals surface area (Å²) in [5.74, 6) is 0. The summed E-state index contributed by atoms with van der Waals surface area (Å²) in [6.45, 7) is 3.24. The SMILES string of the molecule is NCCC1(CCI)CCCNC1. The Balaban J connectivity index is 2.44. The molecule has 12 heavy (non-hydrogen) atoms. The largest absolute Gasteiger partial charge is 0.330 e. The van der Waals surface area contributed by atoms with Gasteiger partial charge in [-0.1, -0.05) is 22.6 Å². The van der Waals surface area contributed by atoms with Crippen molar-refractivity contribution < 1.29 is 0 Å². The normalized spacial score (nSPS) is 30.5. The van der Waals surface area contributed by atoms with Crippen LogP contribution in [0.1, 0.15) is 25.7 Å². The molecule has 1 aliphatic rings. The van der Waals surface area contributed by atoms with Gasteiger partial charge in [-0.05, 0) is 44.2 Å². The minimum absolute atomic E-state index is 0.536. The molecule has 1 rings (SSSR count). The first kappa shape index (κ1) is 10.7. The van der Waals surface area contributed by atoms with Crippen molar-refractivity contribution in [2.24, 2.45) is 11.1 Å². The Morgan fingerprint density at radius 2 is 2.25 bits per heavy atom. The van der Waals surface area contributed by atoms with E-state index in [9.17, 15) is 0 Å². The molecule has 0 bridgehead atoms. The molecule has 2 nitrogen and oxygen atoms in total. The standard InChI is InChI=1S/C9H19IN2/c10-5-3-9(4-6-11)2-1-7-12-8-9/h12H,1-8,11H2. The summed E-state index contributed by atoms with van der Waals surface area (Å²) < 4.78 is 1.26. The first-order valence-electron chi connectivity index (χ1n) is 4.80. The lowest BCUT2D eigenvalue weighted by Gasteiger charge is -2.37. The zero-order chi connectivity index (χ0) is 8.86. The van der Waals surface area contributed by atoms with Gasteiger partial charge in [0.25, 0.3) is 0 Å². The van der Waals surface area contributed by atoms with Crippen LogP contribution in [0.25, 0.3) is 0 Å². The highest BCUT2D eigenvalue weighted by molar-refractivity contribution is 14.1. The molecule has 0 radical (unpaired) electrons. The van der Waals surface area contributed by atoms with Gasteiger partial charge in [0.15, 0.2) is 0 Å². The van der Waals surface area contributed by atoms with Gasteiger partial charge in [-0.25, -0.2) is 0 Å². The molecule has 0 aliphatic carbocycles. The van der Waals surface area contributed by atoms with Crippen LogP contribution in [0.5, 0.6) is 0 Å². The summed E-state index contributed by atoms with van der Waals surface area (Å²) in [6, 6.07) is 0. The molecule has 1 aliphatic heterocycles. The van der Waals surface area contributed by atoms with Gasteiger partial charge < -0.3 is 11.1 Å². The Morgan fingerprint density at radius 3 is 2.75 bits per heavy atom. The second-order valence-corrected chi connectivity index (χ2v) is 4.84. The molecule has 1 heterocycles. The van der Waals surface area contributed by atoms with Crippen LogP contribution in [-0.2, 0) is 0 Å². The van der Waals surface area contributed by atoms with Crippen LogP contribution in [0.4, 0.5) is 0 Å². The highest BCUT2D eigenvalue weighted by Gasteiger charge is 2.29. The number of rotatable bonds is 4. The van der Waals surface area contributed by atoms with Crippen LogP contribution in [0, 0.1) is 5.41 Å². The van der Waals surface area contributed by atoms with E-state index in [0.29, 0.717) is 5.41 Å². The maximum absolute atomic E-state index is 5.64. The van der Waals surface area contributed by atoms with Crippen LogP contribution in [0.2, 0.25) is 0 Å². The molecule has 0 spiro atoms. The van der Waals surface area contributed by atoms with Gasteiger partial charge in [-0.2, -0.15) is 0 Å². The Labute approximate surface area is 88.8 Å². The lowest BCUT2D eigenvalue weighted by atomic mass is 9.76. The van der Waals surface area contributed by atoms with Crippen molar-refractivity contribution in [1.82, 2.24) is 5.32 Å². The molecular formula is C9H19IN2. The number of hydrogen-bond acceptors (Lipinski definition) is 2. The molecular weight excluding hydrogens is 263 g/mol. The van der Waals surface area contributed by atoms with Crippen molar-refractivity contribution in [2.45, 2.75) is 25.7 Å². The lowest BCUT2D eigenvalue weighted by Crippen LogP contribution is -2.41. The summed E-state index contributed by atoms with van der Waals surface area (Å²) in [5, 5.41) is 3.49. The van der Waals surface area contributed by atoms with E-state index >= 15 is 0 Å². The van der Waals surface area contributed by atoms with E-state index in [2.05, 4.69) is 27.9 Å². The highest BCUT2D eigenvalue weighted by atomic mass is 127. The molecule has 3 N–H and O–H groups in total. The van der Waals surface area contributed by atoms with Gasteiger partial charge in [-0.15, -0.1) is 0 Å². The van der Waals surface area contributed by atoms with E-state index in [-0.39, 0.29) is 0 Å². The number of nitrogens with two attached hydrogens (primary N) is 1. The van der Waals surface area contributed by atoms with Gasteiger partial charge in [0, 0.05) is 11.0 Å². The molecule has 0 amide bonds. The number of halogens is 1. The smallest absolute Gasteiger partial charge is 0.000856 e. The van der Waals surface area contributed by atoms with Gasteiger partial charge >= 0.3 is 0 Å². The Bertz CT molecular complexity index is 106. The molecule has 1 unspecified atom stereocenters. The van der Waals surface area contributed by atoms with E-state index in [1.165, 1.54) is 43.2 Å². The third-order valence-corrected chi connectivity index (χ3v) is 3.40. The van der Waals surface area contributed by atoms with Crippen LogP contribution < -0.4 is 11.1 Å². The Kier molecular flexibility index (Phi) is 4.82. The van der Waals surface area contributed by atoms with Gasteiger partial charge in [0.2, 0.25) is 0 Å². The van der Waals surface area contributed by atoms with Crippen LogP contribution in [0.15, 0.2) is 0 Å². The van der Waals surface area contributed by atoms with Crippen molar-refractivity contribution >= 4 is 22.6 Å². The topological polar surface area (TPSA) is 38.0 Å². The first-order chi connectivity index (χ1) is 5.83. The quantitative estimate of drug-likeness (QED) is 0.606. The third kappa shape index (κ3) is 2.85. The highest BCUT2D eigenvalue weighted by Crippen LogP contribution is 2.33. The molecule has 0 aromatic rings. The maximum Gasteiger partial charge on any atom is 0.000856 e. The van der Waals surface area contributed by atoms with Crippen LogP contribution in [0.3, 0.4) is 0 Å². The van der Waals surface area contributed by atoms with Crippen molar-refractivity contribution in [2.75, 3.05) is 24.1 Å². The minimum atomic E-state index is 0.536. The van der Waals surface area contributed by atoms with Crippen LogP contribution in [-0.4, -0.2) is 24.1 Å². The Hall–Kier alpha value is 0.650. The molecule has 1 atom stereocenters. The third-order valence-electron chi connectivity index (χ3n) is 2.86. The molecule has 72 valence electrons. The average Bonchev–Trinajstić information content (AvgIpc) is 2.07. The summed E-state index contributed by atoms with van der Waals surface area (Å²) in [7, 11) is 0. The van der Waals surface area contributed by atoms with E-state index in [0.717, 1.165) is 6.54 Å². The zero-order valence-corrected chi connectivity index (χ0v) is 9.77. The van der Waals surface area contributed by atoms with Crippen molar-refractivity contribution in [3.8, 4) is 0 Å². The summed E-state index contributed by atoms with van der Waals surface area (Å²) >= 11 is 2.47. The van der Waals surface area contributed by atoms with Gasteiger partial charge in [0.05, 0.1) is 0 Å². The fourth-order valence-electron chi connectivity index (χ4n) is 2.09. The zero-order valence-electron chi connectivity index (χ0n) is 7.61. The fourth-order valence-corrected chi connectivity index (χ4v) is 3.23. The monoisotopic (exact) mass is 282 g/mol. The lowest BCUT2D eigenvalue weighted by molar-refractivity contribution is 0.190. The minimum Gasteiger partial charge on any atom is -0.330 e. The van der Waals surface area contributed by atoms with Crippen molar-refractivity contribution in [1.29, 1.82) is 0 Å². The molecule has 0 aromatic heterocycles. The first-order valence-corrected chi connectivity index (χ1v) is 6.32. The number of hydrogen-bond donors (Lipinski definition) is 2. The molecule has 1 saturated heterocycles. The predicted molar refractivity (Wildman–Crippen MR) is 61.7 cm³/mol. The summed E-state index contributed by atoms with van der Waals surface area (Å²) in [5.41, 5.74) is 6.18. The average molecular weight is 282 g/mol. The summed E-state index contributed by atoms with van der Waals surface area (Å²) in [4.78, 5) is 0. The maximum atomic E-state index is 5.64. The second kappa shape index (κ2) is 5.40. The van der Waals surface area contributed by atoms with E-state index in [1.807, 2.05) is 0 Å². The van der Waals surface area contributed by atoms with Crippen molar-refractivity contribution in [3.63, 3.8) is 0 Å². The number of nitrogens with one attached hydrogen (secondary N) is 1. The van der Waals surface area contributed by atoms with E-state index in [1.54, 1.807) is 0 Å². The second-order valence-electron chi connectivity index (χ2n) is 3.76. The van der Waals surface area contributed by atoms with Crippen molar-refractivity contribution in [3.05, 3.63) is 0 Å². The molecule has 0 aromatic carbocycles.